The molecule has 3 aromatic heterocycles. The van der Waals surface area contributed by atoms with Crippen LogP contribution in [0.3, 0.4) is 0 Å². The predicted molar refractivity (Wildman–Crippen MR) is 111 cm³/mol. The van der Waals surface area contributed by atoms with Crippen molar-refractivity contribution in [3.63, 3.8) is 0 Å². The first-order chi connectivity index (χ1) is 13.9. The van der Waals surface area contributed by atoms with Crippen LogP contribution in [0.15, 0.2) is 34.0 Å². The molecule has 1 amide bonds. The Morgan fingerprint density at radius 1 is 1.34 bits per heavy atom. The lowest BCUT2D eigenvalue weighted by molar-refractivity contribution is -0.115. The van der Waals surface area contributed by atoms with Crippen LogP contribution in [0.5, 0.6) is 0 Å². The van der Waals surface area contributed by atoms with E-state index < -0.39 is 0 Å². The van der Waals surface area contributed by atoms with E-state index in [-0.39, 0.29) is 24.0 Å². The first-order valence-electron chi connectivity index (χ1n) is 8.84. The maximum Gasteiger partial charge on any atom is 0.226 e. The van der Waals surface area contributed by atoms with Gasteiger partial charge >= 0.3 is 0 Å². The molecule has 0 aliphatic heterocycles. The Kier molecular flexibility index (Phi) is 6.09. The third kappa shape index (κ3) is 4.70. The summed E-state index contributed by atoms with van der Waals surface area (Å²) in [6, 6.07) is 7.30. The molecule has 3 rings (SSSR count). The molecule has 0 radical (unpaired) electrons. The van der Waals surface area contributed by atoms with Crippen molar-refractivity contribution in [1.29, 1.82) is 5.26 Å². The van der Waals surface area contributed by atoms with E-state index in [0.717, 1.165) is 17.0 Å². The second-order valence-corrected chi connectivity index (χ2v) is 7.42. The number of nitriles is 1. The van der Waals surface area contributed by atoms with Gasteiger partial charge in [0.05, 0.1) is 18.4 Å². The Morgan fingerprint density at radius 3 is 2.69 bits per heavy atom. The number of anilines is 3. The van der Waals surface area contributed by atoms with Crippen molar-refractivity contribution < 1.29 is 9.21 Å². The highest BCUT2D eigenvalue weighted by Crippen LogP contribution is 2.28. The number of hydrogen-bond donors (Lipinski definition) is 3. The lowest BCUT2D eigenvalue weighted by Crippen LogP contribution is -2.17. The highest BCUT2D eigenvalue weighted by Gasteiger charge is 2.20. The summed E-state index contributed by atoms with van der Waals surface area (Å²) in [5.74, 6) is 1.99. The topological polar surface area (TPSA) is 149 Å². The molecule has 0 spiro atoms. The van der Waals surface area contributed by atoms with Crippen molar-refractivity contribution in [3.8, 4) is 6.07 Å². The molecule has 3 aromatic rings. The van der Waals surface area contributed by atoms with Gasteiger partial charge in [0.1, 0.15) is 29.3 Å². The Hall–Kier alpha value is -3.45. The van der Waals surface area contributed by atoms with Crippen molar-refractivity contribution >= 4 is 35.1 Å². The Morgan fingerprint density at radius 2 is 2.07 bits per heavy atom. The molecule has 3 heterocycles. The van der Waals surface area contributed by atoms with Gasteiger partial charge in [-0.25, -0.2) is 9.97 Å². The zero-order valence-electron chi connectivity index (χ0n) is 16.1. The normalized spacial score (nSPS) is 10.7. The average Bonchev–Trinajstić information content (AvgIpc) is 3.24. The number of nitrogens with zero attached hydrogens (tertiary/aromatic N) is 4. The largest absolute Gasteiger partial charge is 0.467 e. The van der Waals surface area contributed by atoms with Crippen molar-refractivity contribution in [1.82, 2.24) is 14.5 Å². The zero-order valence-corrected chi connectivity index (χ0v) is 16.9. The Balaban J connectivity index is 1.70. The number of nitrogens with two attached hydrogens (primary N) is 2. The molecule has 150 valence electrons. The zero-order chi connectivity index (χ0) is 21.0. The van der Waals surface area contributed by atoms with Gasteiger partial charge in [-0.2, -0.15) is 5.26 Å². The van der Waals surface area contributed by atoms with E-state index >= 15 is 0 Å². The van der Waals surface area contributed by atoms with Gasteiger partial charge < -0.3 is 25.8 Å². The summed E-state index contributed by atoms with van der Waals surface area (Å²) in [6.45, 7) is 4.19. The lowest BCUT2D eigenvalue weighted by Gasteiger charge is -2.12. The highest BCUT2D eigenvalue weighted by molar-refractivity contribution is 7.99. The van der Waals surface area contributed by atoms with Crippen molar-refractivity contribution in [2.45, 2.75) is 32.0 Å². The molecule has 29 heavy (non-hydrogen) atoms. The third-order valence-corrected chi connectivity index (χ3v) is 5.25. The van der Waals surface area contributed by atoms with Gasteiger partial charge in [-0.1, -0.05) is 11.8 Å². The lowest BCUT2D eigenvalue weighted by atomic mass is 10.2. The van der Waals surface area contributed by atoms with Crippen LogP contribution in [0.25, 0.3) is 0 Å². The second kappa shape index (κ2) is 8.70. The number of hydrogen-bond acceptors (Lipinski definition) is 8. The van der Waals surface area contributed by atoms with Gasteiger partial charge in [0.2, 0.25) is 5.91 Å². The fraction of sp³-hybridized carbons (Fsp3) is 0.263. The summed E-state index contributed by atoms with van der Waals surface area (Å²) in [7, 11) is 0. The number of amides is 1. The minimum absolute atomic E-state index is 0.206. The SMILES string of the molecule is Cc1c(C#N)c(NC(=O)CCSc2nc(N)cc(N)n2)n(Cc2ccco2)c1C. The predicted octanol–water partition coefficient (Wildman–Crippen LogP) is 2.69. The number of thioether (sulfide) groups is 1. The minimum Gasteiger partial charge on any atom is -0.467 e. The summed E-state index contributed by atoms with van der Waals surface area (Å²) < 4.78 is 7.29. The van der Waals surface area contributed by atoms with Crippen LogP contribution in [0.4, 0.5) is 17.5 Å². The molecule has 5 N–H and O–H groups in total. The van der Waals surface area contributed by atoms with E-state index in [0.29, 0.717) is 28.8 Å². The van der Waals surface area contributed by atoms with Crippen molar-refractivity contribution in [2.75, 3.05) is 22.5 Å². The quantitative estimate of drug-likeness (QED) is 0.397. The Labute approximate surface area is 172 Å². The van der Waals surface area contributed by atoms with Crippen molar-refractivity contribution in [2.24, 2.45) is 0 Å². The van der Waals surface area contributed by atoms with Crippen LogP contribution < -0.4 is 16.8 Å². The molecule has 0 unspecified atom stereocenters. The standard InChI is InChI=1S/C19H21N7O2S/c1-11-12(2)26(10-13-4-3-6-28-13)18(14(11)9-20)25-17(27)5-7-29-19-23-15(21)8-16(22)24-19/h3-4,6,8H,5,7,10H2,1-2H3,(H,25,27)(H4,21,22,23,24). The number of furan rings is 1. The number of nitrogen functional groups attached to an aromatic ring is 2. The molecule has 0 fully saturated rings. The number of nitrogens with one attached hydrogen (secondary N) is 1. The molecule has 0 saturated heterocycles. The average molecular weight is 411 g/mol. The van der Waals surface area contributed by atoms with Crippen LogP contribution in [0.2, 0.25) is 0 Å². The van der Waals surface area contributed by atoms with Crippen LogP contribution >= 0.6 is 11.8 Å². The monoisotopic (exact) mass is 411 g/mol. The fourth-order valence-corrected chi connectivity index (χ4v) is 3.65. The molecular weight excluding hydrogens is 390 g/mol. The maximum atomic E-state index is 12.5. The molecule has 0 aliphatic rings. The minimum atomic E-state index is -0.218. The molecule has 0 bridgehead atoms. The number of aromatic nitrogens is 3. The van der Waals surface area contributed by atoms with E-state index in [1.54, 1.807) is 12.3 Å². The highest BCUT2D eigenvalue weighted by atomic mass is 32.2. The van der Waals surface area contributed by atoms with Gasteiger partial charge in [-0.3, -0.25) is 4.79 Å². The number of carbonyl (C=O) groups is 1. The van der Waals surface area contributed by atoms with Gasteiger partial charge in [-0.15, -0.1) is 0 Å². The number of carbonyl (C=O) groups excluding carboxylic acids is 1. The fourth-order valence-electron chi connectivity index (χ4n) is 2.84. The molecule has 10 heteroatoms. The summed E-state index contributed by atoms with van der Waals surface area (Å²) in [5, 5.41) is 12.9. The van der Waals surface area contributed by atoms with E-state index in [1.165, 1.54) is 17.8 Å². The van der Waals surface area contributed by atoms with E-state index in [9.17, 15) is 10.1 Å². The van der Waals surface area contributed by atoms with Crippen LogP contribution in [-0.2, 0) is 11.3 Å². The summed E-state index contributed by atoms with van der Waals surface area (Å²) in [5.41, 5.74) is 13.5. The summed E-state index contributed by atoms with van der Waals surface area (Å²) >= 11 is 1.28. The van der Waals surface area contributed by atoms with Gasteiger partial charge in [0.25, 0.3) is 0 Å². The van der Waals surface area contributed by atoms with Crippen LogP contribution in [-0.4, -0.2) is 26.2 Å². The molecule has 0 aromatic carbocycles. The first-order valence-corrected chi connectivity index (χ1v) is 9.82. The van der Waals surface area contributed by atoms with Crippen LogP contribution in [0.1, 0.15) is 29.0 Å². The first kappa shape index (κ1) is 20.3. The van der Waals surface area contributed by atoms with Gasteiger partial charge in [0, 0.05) is 23.9 Å². The number of rotatable bonds is 7. The van der Waals surface area contributed by atoms with Gasteiger partial charge in [-0.05, 0) is 31.5 Å². The van der Waals surface area contributed by atoms with E-state index in [4.69, 9.17) is 15.9 Å². The van der Waals surface area contributed by atoms with Gasteiger partial charge in [0.15, 0.2) is 5.16 Å². The van der Waals surface area contributed by atoms with E-state index in [2.05, 4.69) is 21.4 Å². The second-order valence-electron chi connectivity index (χ2n) is 6.36. The Bertz CT molecular complexity index is 1050. The third-order valence-electron chi connectivity index (χ3n) is 4.40. The maximum absolute atomic E-state index is 12.5. The molecule has 9 nitrogen and oxygen atoms in total. The molecule has 0 aliphatic carbocycles. The van der Waals surface area contributed by atoms with Crippen LogP contribution in [0, 0.1) is 25.2 Å². The van der Waals surface area contributed by atoms with E-state index in [1.807, 2.05) is 24.5 Å². The molecule has 0 atom stereocenters. The molecular formula is C19H21N7O2S. The smallest absolute Gasteiger partial charge is 0.226 e. The van der Waals surface area contributed by atoms with Crippen molar-refractivity contribution in [3.05, 3.63) is 47.0 Å². The summed E-state index contributed by atoms with van der Waals surface area (Å²) in [4.78, 5) is 20.7. The molecule has 0 saturated carbocycles. The summed E-state index contributed by atoms with van der Waals surface area (Å²) in [6.07, 6.45) is 1.80.